The van der Waals surface area contributed by atoms with Crippen LogP contribution in [0.4, 0.5) is 0 Å². The first-order valence-corrected chi connectivity index (χ1v) is 6.87. The van der Waals surface area contributed by atoms with Crippen molar-refractivity contribution in [2.45, 2.75) is 63.1 Å². The summed E-state index contributed by atoms with van der Waals surface area (Å²) in [5.74, 6) is 0. The largest absolute Gasteiger partial charge is 2.00 e. The first-order chi connectivity index (χ1) is 6.94. The summed E-state index contributed by atoms with van der Waals surface area (Å²) in [5.41, 5.74) is -0.561. The van der Waals surface area contributed by atoms with Crippen LogP contribution in [0.2, 0.25) is 0 Å². The Morgan fingerprint density at radius 3 is 1.83 bits per heavy atom. The molecule has 0 fully saturated rings. The van der Waals surface area contributed by atoms with Gasteiger partial charge in [-0.15, -0.1) is 18.2 Å². The molecule has 0 aromatic heterocycles. The van der Waals surface area contributed by atoms with Gasteiger partial charge in [-0.05, 0) is 27.2 Å². The molecule has 0 amide bonds. The van der Waals surface area contributed by atoms with Gasteiger partial charge < -0.3 is 21.0 Å². The molecule has 0 aliphatic rings. The fourth-order valence-corrected chi connectivity index (χ4v) is 2.10. The molecule has 0 spiro atoms. The summed E-state index contributed by atoms with van der Waals surface area (Å²) in [5, 5.41) is 0. The Kier molecular flexibility index (Phi) is 11.2. The van der Waals surface area contributed by atoms with E-state index in [1.165, 1.54) is 0 Å². The van der Waals surface area contributed by atoms with Crippen LogP contribution < -0.4 is 12.4 Å². The van der Waals surface area contributed by atoms with Crippen molar-refractivity contribution in [3.8, 4) is 0 Å². The molecule has 1 atom stereocenters. The third-order valence-corrected chi connectivity index (χ3v) is 4.65. The number of halogens is 2. The molecule has 0 aliphatic heterocycles. The Morgan fingerprint density at radius 1 is 1.22 bits per heavy atom. The van der Waals surface area contributed by atoms with E-state index >= 15 is 0 Å². The maximum absolute atomic E-state index is 12.1. The summed E-state index contributed by atoms with van der Waals surface area (Å²) in [7, 11) is -1.26. The minimum Gasteiger partial charge on any atom is -1.00 e. The molecule has 0 aromatic rings. The Morgan fingerprint density at radius 2 is 1.61 bits per heavy atom. The first-order valence-electron chi connectivity index (χ1n) is 5.39. The molecule has 6 heteroatoms. The van der Waals surface area contributed by atoms with Gasteiger partial charge in [0.25, 0.3) is 0 Å². The summed E-state index contributed by atoms with van der Waals surface area (Å²) < 4.78 is 16.1. The van der Waals surface area contributed by atoms with E-state index in [0.29, 0.717) is 6.42 Å². The zero-order valence-corrected chi connectivity index (χ0v) is 16.0. The van der Waals surface area contributed by atoms with Gasteiger partial charge in [0.2, 0.25) is 0 Å². The van der Waals surface area contributed by atoms with Crippen LogP contribution >= 0.6 is 11.6 Å². The van der Waals surface area contributed by atoms with Crippen LogP contribution in [0.1, 0.15) is 48.0 Å². The molecule has 0 N–H and O–H groups in total. The fraction of sp³-hybridized carbons (Fsp3) is 0.833. The van der Waals surface area contributed by atoms with Crippen molar-refractivity contribution in [2.75, 3.05) is 0 Å². The second-order valence-electron chi connectivity index (χ2n) is 5.69. The van der Waals surface area contributed by atoms with Gasteiger partial charge in [-0.3, -0.25) is 0 Å². The van der Waals surface area contributed by atoms with Crippen LogP contribution in [-0.2, 0) is 14.8 Å². The van der Waals surface area contributed by atoms with Gasteiger partial charge in [0.15, 0.2) is 0 Å². The monoisotopic (exact) mass is 323 g/mol. The van der Waals surface area contributed by atoms with Gasteiger partial charge in [0.1, 0.15) is 0 Å². The minimum atomic E-state index is -1.26. The molecule has 18 heavy (non-hydrogen) atoms. The molecule has 0 saturated carbocycles. The summed E-state index contributed by atoms with van der Waals surface area (Å²) in [6.45, 7) is 15.1. The van der Waals surface area contributed by atoms with Gasteiger partial charge in [-0.25, -0.2) is 0 Å². The molecule has 0 bridgehead atoms. The van der Waals surface area contributed by atoms with Gasteiger partial charge in [0.05, 0.1) is 10.4 Å². The van der Waals surface area contributed by atoms with Crippen molar-refractivity contribution in [2.24, 2.45) is 4.36 Å². The molecule has 0 aliphatic carbocycles. The molecular weight excluding hydrogens is 301 g/mol. The average Bonchev–Trinajstić information content (AvgIpc) is 2.00. The number of hydrogen-bond donors (Lipinski definition) is 0. The summed E-state index contributed by atoms with van der Waals surface area (Å²) >= 11 is 6.34. The number of hydrogen-bond acceptors (Lipinski definition) is 3. The maximum Gasteiger partial charge on any atom is 2.00 e. The Bertz CT molecular complexity index is 341. The van der Waals surface area contributed by atoms with E-state index in [1.807, 2.05) is 41.5 Å². The molecule has 104 valence electrons. The number of nitrogens with zero attached hydrogens (tertiary/aromatic N) is 1. The van der Waals surface area contributed by atoms with Gasteiger partial charge >= 0.3 is 23.1 Å². The third-order valence-electron chi connectivity index (χ3n) is 2.63. The molecule has 2 nitrogen and oxygen atoms in total. The SMILES string of the molecule is C=CC[C@@](C)(N=[S-](=O)C(C)(C)C)C(C)(C)Cl.[Cl-].[Mg+2]. The second-order valence-corrected chi connectivity index (χ2v) is 8.54. The zero-order chi connectivity index (χ0) is 13.2. The fourth-order valence-electron chi connectivity index (χ4n) is 0.989. The summed E-state index contributed by atoms with van der Waals surface area (Å²) in [6.07, 6.45) is 2.39. The smallest absolute Gasteiger partial charge is 1.00 e. The molecule has 0 aromatic carbocycles. The van der Waals surface area contributed by atoms with E-state index in [4.69, 9.17) is 11.6 Å². The predicted molar refractivity (Wildman–Crippen MR) is 79.1 cm³/mol. The van der Waals surface area contributed by atoms with E-state index in [1.54, 1.807) is 6.08 Å². The summed E-state index contributed by atoms with van der Waals surface area (Å²) in [6, 6.07) is 0. The quantitative estimate of drug-likeness (QED) is 0.327. The minimum absolute atomic E-state index is 0. The Balaban J connectivity index is -0.00000112. The molecule has 0 saturated heterocycles. The van der Waals surface area contributed by atoms with Gasteiger partial charge in [0, 0.05) is 0 Å². The molecular formula is C12H23Cl2MgNOS. The standard InChI is InChI=1S/C12H23ClNOS.ClH.Mg/c1-8-9-12(7,11(5,6)13)14-16(15)10(2,3)4;;/h8H,1,9H2,2-7H3;1H;/q-1;;+2/p-1/t12-;;/m1../s1. The number of rotatable bonds is 4. The Labute approximate surface area is 141 Å². The zero-order valence-electron chi connectivity index (χ0n) is 12.2. The number of alkyl halides is 1. The molecule has 0 rings (SSSR count). The van der Waals surface area contributed by atoms with Crippen molar-refractivity contribution < 1.29 is 16.6 Å². The van der Waals surface area contributed by atoms with E-state index in [2.05, 4.69) is 10.9 Å². The van der Waals surface area contributed by atoms with Crippen LogP contribution in [0.15, 0.2) is 17.0 Å². The van der Waals surface area contributed by atoms with Crippen LogP contribution in [0.5, 0.6) is 0 Å². The maximum atomic E-state index is 12.1. The summed E-state index contributed by atoms with van der Waals surface area (Å²) in [4.78, 5) is -0.553. The van der Waals surface area contributed by atoms with Crippen LogP contribution in [0.3, 0.4) is 0 Å². The normalized spacial score (nSPS) is 17.1. The predicted octanol–water partition coefficient (Wildman–Crippen LogP) is 0.908. The average molecular weight is 325 g/mol. The van der Waals surface area contributed by atoms with Crippen molar-refractivity contribution in [1.29, 1.82) is 0 Å². The molecule has 0 heterocycles. The van der Waals surface area contributed by atoms with Crippen LogP contribution in [0.25, 0.3) is 0 Å². The topological polar surface area (TPSA) is 29.4 Å². The second kappa shape index (κ2) is 8.35. The first kappa shape index (κ1) is 24.1. The van der Waals surface area contributed by atoms with Gasteiger partial charge in [-0.2, -0.15) is 10.6 Å². The van der Waals surface area contributed by atoms with E-state index in [0.717, 1.165) is 0 Å². The molecule has 0 radical (unpaired) electrons. The van der Waals surface area contributed by atoms with Crippen molar-refractivity contribution in [3.05, 3.63) is 12.7 Å². The van der Waals surface area contributed by atoms with E-state index in [9.17, 15) is 4.21 Å². The molecule has 0 unspecified atom stereocenters. The van der Waals surface area contributed by atoms with Crippen LogP contribution in [-0.4, -0.2) is 38.2 Å². The van der Waals surface area contributed by atoms with E-state index < -0.39 is 21.0 Å². The third kappa shape index (κ3) is 6.99. The van der Waals surface area contributed by atoms with Crippen molar-refractivity contribution in [1.82, 2.24) is 0 Å². The van der Waals surface area contributed by atoms with Crippen LogP contribution in [0, 0.1) is 0 Å². The Hall–Kier alpha value is 1.04. The van der Waals surface area contributed by atoms with Crippen molar-refractivity contribution in [3.63, 3.8) is 0 Å². The van der Waals surface area contributed by atoms with E-state index in [-0.39, 0.29) is 40.2 Å². The van der Waals surface area contributed by atoms with Crippen molar-refractivity contribution >= 4 is 45.2 Å². The van der Waals surface area contributed by atoms with Gasteiger partial charge in [-0.1, -0.05) is 31.6 Å².